The number of aromatic nitrogens is 3. The third kappa shape index (κ3) is 3.72. The summed E-state index contributed by atoms with van der Waals surface area (Å²) in [4.78, 5) is 17.6. The number of carbonyl (C=O) groups excluding carboxylic acids is 1. The number of pyridine rings is 1. The number of fused-ring (bicyclic) bond motifs is 2. The molecule has 1 N–H and O–H groups in total. The lowest BCUT2D eigenvalue weighted by molar-refractivity contribution is 0.0944. The van der Waals surface area contributed by atoms with Crippen molar-refractivity contribution in [2.75, 3.05) is 19.8 Å². The Hall–Kier alpha value is -3.09. The van der Waals surface area contributed by atoms with Crippen LogP contribution in [0.2, 0.25) is 0 Å². The molecule has 0 bridgehead atoms. The highest BCUT2D eigenvalue weighted by Gasteiger charge is 2.25. The van der Waals surface area contributed by atoms with Gasteiger partial charge in [-0.1, -0.05) is 19.9 Å². The van der Waals surface area contributed by atoms with Gasteiger partial charge >= 0.3 is 0 Å². The summed E-state index contributed by atoms with van der Waals surface area (Å²) in [6.07, 6.45) is 1.76. The molecule has 158 valence electrons. The lowest BCUT2D eigenvalue weighted by Gasteiger charge is -2.28. The summed E-state index contributed by atoms with van der Waals surface area (Å²) < 4.78 is 13.2. The summed E-state index contributed by atoms with van der Waals surface area (Å²) >= 11 is 0. The zero-order chi connectivity index (χ0) is 21.5. The van der Waals surface area contributed by atoms with Crippen molar-refractivity contribution >= 4 is 16.9 Å². The number of carbonyl (C=O) groups is 1. The smallest absolute Gasteiger partial charge is 0.253 e. The van der Waals surface area contributed by atoms with Gasteiger partial charge in [-0.05, 0) is 44.5 Å². The number of rotatable bonds is 5. The summed E-state index contributed by atoms with van der Waals surface area (Å²) in [5.41, 5.74) is 2.87. The normalized spacial score (nSPS) is 13.7. The minimum absolute atomic E-state index is 0.134. The summed E-state index contributed by atoms with van der Waals surface area (Å²) in [6, 6.07) is 8.04. The van der Waals surface area contributed by atoms with Crippen molar-refractivity contribution < 1.29 is 14.3 Å². The highest BCUT2D eigenvalue weighted by molar-refractivity contribution is 5.98. The van der Waals surface area contributed by atoms with Crippen molar-refractivity contribution in [1.82, 2.24) is 20.1 Å². The molecule has 1 aliphatic heterocycles. The lowest BCUT2D eigenvalue weighted by atomic mass is 9.84. The van der Waals surface area contributed by atoms with E-state index in [2.05, 4.69) is 43.1 Å². The Bertz CT molecular complexity index is 1100. The maximum Gasteiger partial charge on any atom is 0.253 e. The summed E-state index contributed by atoms with van der Waals surface area (Å²) in [5, 5.41) is 8.34. The molecule has 4 rings (SSSR count). The Morgan fingerprint density at radius 2 is 1.93 bits per heavy atom. The Labute approximate surface area is 176 Å². The third-order valence-electron chi connectivity index (χ3n) is 5.51. The fourth-order valence-corrected chi connectivity index (χ4v) is 3.64. The molecule has 0 atom stereocenters. The van der Waals surface area contributed by atoms with E-state index in [0.29, 0.717) is 31.0 Å². The van der Waals surface area contributed by atoms with Crippen LogP contribution in [0.1, 0.15) is 55.4 Å². The number of nitrogens with zero attached hydrogens (tertiary/aromatic N) is 3. The van der Waals surface area contributed by atoms with E-state index >= 15 is 0 Å². The Morgan fingerprint density at radius 3 is 2.67 bits per heavy atom. The summed E-state index contributed by atoms with van der Waals surface area (Å²) in [6.45, 7) is 11.8. The van der Waals surface area contributed by atoms with E-state index in [4.69, 9.17) is 9.47 Å². The number of hydrogen-bond donors (Lipinski definition) is 1. The Balaban J connectivity index is 1.52. The van der Waals surface area contributed by atoms with Crippen LogP contribution in [-0.2, 0) is 5.41 Å². The molecule has 1 amide bonds. The minimum atomic E-state index is -0.278. The van der Waals surface area contributed by atoms with E-state index in [0.717, 1.165) is 28.1 Å². The monoisotopic (exact) mass is 408 g/mol. The van der Waals surface area contributed by atoms with Gasteiger partial charge in [0.15, 0.2) is 17.1 Å². The second-order valence-corrected chi connectivity index (χ2v) is 8.64. The van der Waals surface area contributed by atoms with Crippen molar-refractivity contribution in [1.29, 1.82) is 0 Å². The molecule has 30 heavy (non-hydrogen) atoms. The van der Waals surface area contributed by atoms with Gasteiger partial charge < -0.3 is 14.8 Å². The van der Waals surface area contributed by atoms with Crippen molar-refractivity contribution in [3.8, 4) is 11.5 Å². The number of benzene rings is 1. The zero-order valence-electron chi connectivity index (χ0n) is 18.2. The van der Waals surface area contributed by atoms with Crippen LogP contribution in [-0.4, -0.2) is 40.4 Å². The first-order valence-corrected chi connectivity index (χ1v) is 10.3. The topological polar surface area (TPSA) is 78.3 Å². The van der Waals surface area contributed by atoms with Gasteiger partial charge in [0.05, 0.1) is 17.5 Å². The van der Waals surface area contributed by atoms with Crippen LogP contribution >= 0.6 is 0 Å². The van der Waals surface area contributed by atoms with E-state index in [1.165, 1.54) is 0 Å². The van der Waals surface area contributed by atoms with Crippen LogP contribution in [0.25, 0.3) is 11.0 Å². The van der Waals surface area contributed by atoms with Crippen molar-refractivity contribution in [3.63, 3.8) is 0 Å². The fraction of sp³-hybridized carbons (Fsp3) is 0.435. The molecular weight excluding hydrogens is 380 g/mol. The SMILES string of the molecule is Cc1nc2c(cnn2C(C)C)cc1C(=O)NCC(C)(C)c1ccc2c(c1)OCCO2. The molecular formula is C23H28N4O3. The number of ether oxygens (including phenoxy) is 2. The van der Waals surface area contributed by atoms with Gasteiger partial charge in [-0.2, -0.15) is 5.10 Å². The molecule has 3 heterocycles. The third-order valence-corrected chi connectivity index (χ3v) is 5.51. The van der Waals surface area contributed by atoms with Gasteiger partial charge in [0.25, 0.3) is 5.91 Å². The number of aryl methyl sites for hydroxylation is 1. The second-order valence-electron chi connectivity index (χ2n) is 8.64. The fourth-order valence-electron chi connectivity index (χ4n) is 3.64. The second kappa shape index (κ2) is 7.63. The molecule has 0 unspecified atom stereocenters. The Kier molecular flexibility index (Phi) is 5.13. The number of amides is 1. The zero-order valence-corrected chi connectivity index (χ0v) is 18.2. The molecule has 3 aromatic rings. The highest BCUT2D eigenvalue weighted by atomic mass is 16.6. The van der Waals surface area contributed by atoms with Gasteiger partial charge in [0, 0.05) is 23.4 Å². The standard InChI is InChI=1S/C23H28N4O3/c1-14(2)27-21-16(12-25-27)10-18(15(3)26-21)22(28)24-13-23(4,5)17-6-7-19-20(11-17)30-9-8-29-19/h6-7,10-12,14H,8-9,13H2,1-5H3,(H,24,28). The molecule has 2 aromatic heterocycles. The quantitative estimate of drug-likeness (QED) is 0.695. The largest absolute Gasteiger partial charge is 0.486 e. The van der Waals surface area contributed by atoms with Crippen LogP contribution in [0, 0.1) is 6.92 Å². The molecule has 7 heteroatoms. The first-order valence-electron chi connectivity index (χ1n) is 10.3. The van der Waals surface area contributed by atoms with E-state index in [1.54, 1.807) is 6.20 Å². The Morgan fingerprint density at radius 1 is 1.20 bits per heavy atom. The van der Waals surface area contributed by atoms with Gasteiger partial charge in [0.2, 0.25) is 0 Å². The predicted molar refractivity (Wildman–Crippen MR) is 115 cm³/mol. The molecule has 0 spiro atoms. The molecule has 1 aromatic carbocycles. The van der Waals surface area contributed by atoms with Gasteiger partial charge in [0.1, 0.15) is 13.2 Å². The lowest BCUT2D eigenvalue weighted by Crippen LogP contribution is -2.37. The molecule has 0 saturated carbocycles. The van der Waals surface area contributed by atoms with Crippen LogP contribution in [0.4, 0.5) is 0 Å². The molecule has 0 fully saturated rings. The minimum Gasteiger partial charge on any atom is -0.486 e. The van der Waals surface area contributed by atoms with E-state index in [1.807, 2.05) is 35.9 Å². The number of hydrogen-bond acceptors (Lipinski definition) is 5. The molecule has 1 aliphatic rings. The molecule has 0 radical (unpaired) electrons. The first kappa shape index (κ1) is 20.2. The first-order chi connectivity index (χ1) is 14.3. The van der Waals surface area contributed by atoms with Crippen LogP contribution < -0.4 is 14.8 Å². The predicted octanol–water partition coefficient (Wildman–Crippen LogP) is 3.80. The molecule has 0 aliphatic carbocycles. The van der Waals surface area contributed by atoms with Crippen molar-refractivity contribution in [3.05, 3.63) is 47.3 Å². The maximum absolute atomic E-state index is 12.9. The summed E-state index contributed by atoms with van der Waals surface area (Å²) in [5.74, 6) is 1.39. The van der Waals surface area contributed by atoms with E-state index < -0.39 is 0 Å². The van der Waals surface area contributed by atoms with Gasteiger partial charge in [-0.15, -0.1) is 0 Å². The van der Waals surface area contributed by atoms with E-state index in [-0.39, 0.29) is 17.4 Å². The summed E-state index contributed by atoms with van der Waals surface area (Å²) in [7, 11) is 0. The van der Waals surface area contributed by atoms with Crippen molar-refractivity contribution in [2.24, 2.45) is 0 Å². The average Bonchev–Trinajstić information content (AvgIpc) is 3.14. The highest BCUT2D eigenvalue weighted by Crippen LogP contribution is 2.35. The van der Waals surface area contributed by atoms with E-state index in [9.17, 15) is 4.79 Å². The van der Waals surface area contributed by atoms with Gasteiger partial charge in [-0.25, -0.2) is 9.67 Å². The van der Waals surface area contributed by atoms with Gasteiger partial charge in [-0.3, -0.25) is 4.79 Å². The van der Waals surface area contributed by atoms with Crippen molar-refractivity contribution in [2.45, 2.75) is 46.1 Å². The average molecular weight is 409 g/mol. The molecule has 7 nitrogen and oxygen atoms in total. The van der Waals surface area contributed by atoms with Crippen LogP contribution in [0.15, 0.2) is 30.5 Å². The maximum atomic E-state index is 12.9. The molecule has 0 saturated heterocycles. The number of nitrogens with one attached hydrogen (secondary N) is 1. The van der Waals surface area contributed by atoms with Crippen LogP contribution in [0.5, 0.6) is 11.5 Å². The van der Waals surface area contributed by atoms with Crippen LogP contribution in [0.3, 0.4) is 0 Å².